The second kappa shape index (κ2) is 7.73. The fourth-order valence-corrected chi connectivity index (χ4v) is 4.10. The van der Waals surface area contributed by atoms with Crippen molar-refractivity contribution >= 4 is 16.9 Å². The Labute approximate surface area is 180 Å². The van der Waals surface area contributed by atoms with E-state index in [-0.39, 0.29) is 0 Å². The molecule has 2 aromatic carbocycles. The molecule has 5 heteroatoms. The number of carbonyl (C=O) groups is 1. The van der Waals surface area contributed by atoms with Crippen LogP contribution in [0.4, 0.5) is 0 Å². The second-order valence-electron chi connectivity index (χ2n) is 8.17. The molecule has 1 N–H and O–H groups in total. The summed E-state index contributed by atoms with van der Waals surface area (Å²) in [5.41, 5.74) is 5.81. The van der Waals surface area contributed by atoms with Crippen molar-refractivity contribution in [1.29, 1.82) is 5.26 Å². The van der Waals surface area contributed by atoms with Crippen LogP contribution in [0.25, 0.3) is 10.9 Å². The van der Waals surface area contributed by atoms with E-state index in [0.29, 0.717) is 35.7 Å². The summed E-state index contributed by atoms with van der Waals surface area (Å²) in [5.74, 6) is -0.443. The third-order valence-corrected chi connectivity index (χ3v) is 5.89. The van der Waals surface area contributed by atoms with Gasteiger partial charge in [-0.1, -0.05) is 18.2 Å². The number of rotatable bonds is 6. The highest BCUT2D eigenvalue weighted by atomic mass is 16.4. The number of hydrogen-bond donors (Lipinski definition) is 1. The SMILES string of the molecule is N#Cc1cccc(Cn2ccc3cc(Cc4ncc(C5CC5)cc4C(=O)O)ccc32)c1. The van der Waals surface area contributed by atoms with Gasteiger partial charge in [-0.3, -0.25) is 4.98 Å². The number of fused-ring (bicyclic) bond motifs is 1. The molecule has 1 aliphatic rings. The smallest absolute Gasteiger partial charge is 0.337 e. The van der Waals surface area contributed by atoms with Crippen molar-refractivity contribution in [3.8, 4) is 6.07 Å². The summed E-state index contributed by atoms with van der Waals surface area (Å²) in [4.78, 5) is 16.3. The van der Waals surface area contributed by atoms with Gasteiger partial charge in [-0.15, -0.1) is 0 Å². The van der Waals surface area contributed by atoms with Crippen molar-refractivity contribution in [3.63, 3.8) is 0 Å². The van der Waals surface area contributed by atoms with E-state index in [1.54, 1.807) is 12.1 Å². The molecule has 5 nitrogen and oxygen atoms in total. The van der Waals surface area contributed by atoms with E-state index in [2.05, 4.69) is 33.8 Å². The summed E-state index contributed by atoms with van der Waals surface area (Å²) < 4.78 is 2.15. The maximum absolute atomic E-state index is 11.8. The topological polar surface area (TPSA) is 78.9 Å². The van der Waals surface area contributed by atoms with Gasteiger partial charge < -0.3 is 9.67 Å². The monoisotopic (exact) mass is 407 g/mol. The first-order valence-electron chi connectivity index (χ1n) is 10.4. The summed E-state index contributed by atoms with van der Waals surface area (Å²) in [6.07, 6.45) is 6.60. The number of carboxylic acids is 1. The Morgan fingerprint density at radius 1 is 1.13 bits per heavy atom. The molecule has 1 saturated carbocycles. The molecule has 1 aliphatic carbocycles. The normalized spacial score (nSPS) is 13.3. The lowest BCUT2D eigenvalue weighted by molar-refractivity contribution is 0.0695. The number of pyridine rings is 1. The van der Waals surface area contributed by atoms with Gasteiger partial charge in [0.2, 0.25) is 0 Å². The van der Waals surface area contributed by atoms with Crippen molar-refractivity contribution in [2.75, 3.05) is 0 Å². The largest absolute Gasteiger partial charge is 0.478 e. The summed E-state index contributed by atoms with van der Waals surface area (Å²) in [5, 5.41) is 19.9. The van der Waals surface area contributed by atoms with Gasteiger partial charge in [0.1, 0.15) is 0 Å². The van der Waals surface area contributed by atoms with E-state index in [4.69, 9.17) is 5.26 Å². The van der Waals surface area contributed by atoms with Crippen LogP contribution in [0.15, 0.2) is 67.0 Å². The molecule has 0 amide bonds. The van der Waals surface area contributed by atoms with Gasteiger partial charge in [0.25, 0.3) is 0 Å². The quantitative estimate of drug-likeness (QED) is 0.481. The number of nitriles is 1. The van der Waals surface area contributed by atoms with Crippen molar-refractivity contribution in [2.24, 2.45) is 0 Å². The maximum atomic E-state index is 11.8. The summed E-state index contributed by atoms with van der Waals surface area (Å²) in [7, 11) is 0. The third-order valence-electron chi connectivity index (χ3n) is 5.89. The van der Waals surface area contributed by atoms with Gasteiger partial charge in [0.15, 0.2) is 0 Å². The number of carboxylic acid groups (broad SMARTS) is 1. The number of hydrogen-bond acceptors (Lipinski definition) is 3. The van der Waals surface area contributed by atoms with Gasteiger partial charge in [0, 0.05) is 30.9 Å². The molecule has 5 rings (SSSR count). The molecule has 0 unspecified atom stereocenters. The van der Waals surface area contributed by atoms with Gasteiger partial charge in [-0.25, -0.2) is 4.79 Å². The molecule has 0 aliphatic heterocycles. The zero-order valence-electron chi connectivity index (χ0n) is 17.0. The highest BCUT2D eigenvalue weighted by Crippen LogP contribution is 2.40. The van der Waals surface area contributed by atoms with E-state index in [1.165, 1.54) is 0 Å². The van der Waals surface area contributed by atoms with Crippen molar-refractivity contribution in [1.82, 2.24) is 9.55 Å². The molecule has 2 aromatic heterocycles. The Hall–Kier alpha value is -3.91. The van der Waals surface area contributed by atoms with E-state index >= 15 is 0 Å². The fourth-order valence-electron chi connectivity index (χ4n) is 4.10. The Morgan fingerprint density at radius 3 is 2.77 bits per heavy atom. The first-order valence-corrected chi connectivity index (χ1v) is 10.4. The molecule has 0 saturated heterocycles. The van der Waals surface area contributed by atoms with Crippen LogP contribution in [-0.4, -0.2) is 20.6 Å². The fraction of sp³-hybridized carbons (Fsp3) is 0.192. The molecule has 0 radical (unpaired) electrons. The highest BCUT2D eigenvalue weighted by molar-refractivity contribution is 5.89. The van der Waals surface area contributed by atoms with Crippen molar-refractivity contribution in [2.45, 2.75) is 31.7 Å². The predicted octanol–water partition coefficient (Wildman–Crippen LogP) is 5.12. The van der Waals surface area contributed by atoms with E-state index in [1.807, 2.05) is 36.7 Å². The Morgan fingerprint density at radius 2 is 2.00 bits per heavy atom. The van der Waals surface area contributed by atoms with Crippen LogP contribution in [-0.2, 0) is 13.0 Å². The number of aromatic carboxylic acids is 1. The average Bonchev–Trinajstić information content (AvgIpc) is 3.56. The van der Waals surface area contributed by atoms with Gasteiger partial charge >= 0.3 is 5.97 Å². The summed E-state index contributed by atoms with van der Waals surface area (Å²) >= 11 is 0. The lowest BCUT2D eigenvalue weighted by Crippen LogP contribution is -2.07. The average molecular weight is 407 g/mol. The number of aromatic nitrogens is 2. The second-order valence-corrected chi connectivity index (χ2v) is 8.17. The Balaban J connectivity index is 1.41. The van der Waals surface area contributed by atoms with Crippen LogP contribution in [0.3, 0.4) is 0 Å². The first kappa shape index (κ1) is 19.1. The zero-order chi connectivity index (χ0) is 21.4. The zero-order valence-corrected chi connectivity index (χ0v) is 17.0. The standard InChI is InChI=1S/C26H21N3O2/c27-14-18-2-1-3-19(10-18)16-29-9-8-21-11-17(4-7-25(21)29)12-24-23(26(30)31)13-22(15-28-24)20-5-6-20/h1-4,7-11,13,15,20H,5-6,12,16H2,(H,30,31). The molecule has 0 bridgehead atoms. The molecule has 4 aromatic rings. The number of benzene rings is 2. The highest BCUT2D eigenvalue weighted by Gasteiger charge is 2.25. The van der Waals surface area contributed by atoms with E-state index in [9.17, 15) is 9.90 Å². The van der Waals surface area contributed by atoms with Gasteiger partial charge in [-0.05, 0) is 77.2 Å². The number of nitrogens with zero attached hydrogens (tertiary/aromatic N) is 3. The minimum absolute atomic E-state index is 0.305. The van der Waals surface area contributed by atoms with E-state index < -0.39 is 5.97 Å². The lowest BCUT2D eigenvalue weighted by atomic mass is 10.0. The molecule has 2 heterocycles. The molecule has 0 spiro atoms. The predicted molar refractivity (Wildman–Crippen MR) is 118 cm³/mol. The minimum Gasteiger partial charge on any atom is -0.478 e. The summed E-state index contributed by atoms with van der Waals surface area (Å²) in [6, 6.07) is 19.9. The summed E-state index contributed by atoms with van der Waals surface area (Å²) in [6.45, 7) is 0.686. The molecular formula is C26H21N3O2. The molecule has 31 heavy (non-hydrogen) atoms. The van der Waals surface area contributed by atoms with Crippen LogP contribution < -0.4 is 0 Å². The maximum Gasteiger partial charge on any atom is 0.337 e. The minimum atomic E-state index is -0.920. The third kappa shape index (κ3) is 3.93. The van der Waals surface area contributed by atoms with Gasteiger partial charge in [-0.2, -0.15) is 5.26 Å². The molecule has 0 atom stereocenters. The molecular weight excluding hydrogens is 386 g/mol. The van der Waals surface area contributed by atoms with Crippen LogP contribution >= 0.6 is 0 Å². The molecule has 152 valence electrons. The van der Waals surface area contributed by atoms with Crippen LogP contribution in [0.5, 0.6) is 0 Å². The van der Waals surface area contributed by atoms with Crippen LogP contribution in [0.1, 0.15) is 57.1 Å². The Kier molecular flexibility index (Phi) is 4.76. The van der Waals surface area contributed by atoms with Crippen LogP contribution in [0.2, 0.25) is 0 Å². The Bertz CT molecular complexity index is 1340. The van der Waals surface area contributed by atoms with Crippen molar-refractivity contribution < 1.29 is 9.90 Å². The lowest BCUT2D eigenvalue weighted by Gasteiger charge is -2.09. The first-order chi connectivity index (χ1) is 15.1. The van der Waals surface area contributed by atoms with Gasteiger partial charge in [0.05, 0.1) is 22.9 Å². The van der Waals surface area contributed by atoms with Crippen molar-refractivity contribution in [3.05, 3.63) is 101 Å². The van der Waals surface area contributed by atoms with Crippen LogP contribution in [0, 0.1) is 11.3 Å². The molecule has 1 fully saturated rings. The van der Waals surface area contributed by atoms with E-state index in [0.717, 1.165) is 40.4 Å².